The largest absolute Gasteiger partial charge is 0.453 e. The van der Waals surface area contributed by atoms with E-state index in [1.807, 2.05) is 0 Å². The number of Topliss-reactive ketones (excluding diaryl/α,β-unsaturated/α-hetero) is 1. The fourth-order valence-corrected chi connectivity index (χ4v) is 4.22. The minimum Gasteiger partial charge on any atom is -0.453 e. The normalized spacial score (nSPS) is 19.8. The number of halogens is 1. The first-order chi connectivity index (χ1) is 12.4. The molecule has 2 heterocycles. The Kier molecular flexibility index (Phi) is 4.03. The first kappa shape index (κ1) is 17.1. The van der Waals surface area contributed by atoms with E-state index < -0.39 is 17.4 Å². The molecule has 136 valence electrons. The van der Waals surface area contributed by atoms with Crippen molar-refractivity contribution in [1.29, 1.82) is 0 Å². The van der Waals surface area contributed by atoms with Crippen LogP contribution >= 0.6 is 11.6 Å². The molecule has 2 fully saturated rings. The summed E-state index contributed by atoms with van der Waals surface area (Å²) in [6.07, 6.45) is 4.20. The first-order valence-electron chi connectivity index (χ1n) is 8.74. The molecule has 1 aliphatic heterocycles. The van der Waals surface area contributed by atoms with Crippen molar-refractivity contribution in [1.82, 2.24) is 9.80 Å². The zero-order valence-corrected chi connectivity index (χ0v) is 15.2. The van der Waals surface area contributed by atoms with Crippen molar-refractivity contribution in [3.63, 3.8) is 0 Å². The molecule has 1 saturated carbocycles. The van der Waals surface area contributed by atoms with Crippen LogP contribution in [-0.4, -0.2) is 46.7 Å². The molecule has 26 heavy (non-hydrogen) atoms. The third-order valence-electron chi connectivity index (χ3n) is 5.54. The number of hydrogen-bond donors (Lipinski definition) is 0. The van der Waals surface area contributed by atoms with E-state index in [0.717, 1.165) is 24.2 Å². The van der Waals surface area contributed by atoms with Crippen LogP contribution in [0.25, 0.3) is 11.0 Å². The van der Waals surface area contributed by atoms with E-state index in [0.29, 0.717) is 28.8 Å². The van der Waals surface area contributed by atoms with Crippen LogP contribution in [0.1, 0.15) is 42.7 Å². The highest BCUT2D eigenvalue weighted by molar-refractivity contribution is 6.31. The highest BCUT2D eigenvalue weighted by atomic mass is 35.5. The van der Waals surface area contributed by atoms with E-state index in [2.05, 4.69) is 0 Å². The number of nitrogens with zero attached hydrogens (tertiary/aromatic N) is 2. The van der Waals surface area contributed by atoms with Gasteiger partial charge >= 0.3 is 6.03 Å². The second-order valence-electron chi connectivity index (χ2n) is 7.04. The number of carbonyl (C=O) groups is 3. The van der Waals surface area contributed by atoms with Gasteiger partial charge in [-0.2, -0.15) is 0 Å². The van der Waals surface area contributed by atoms with Crippen molar-refractivity contribution in [2.45, 2.75) is 37.6 Å². The number of hydrogen-bond acceptors (Lipinski definition) is 4. The van der Waals surface area contributed by atoms with Crippen molar-refractivity contribution in [2.24, 2.45) is 0 Å². The van der Waals surface area contributed by atoms with Crippen LogP contribution in [0.15, 0.2) is 28.7 Å². The number of benzene rings is 1. The molecule has 2 aromatic rings. The van der Waals surface area contributed by atoms with Crippen molar-refractivity contribution in [3.8, 4) is 0 Å². The summed E-state index contributed by atoms with van der Waals surface area (Å²) in [5.74, 6) is -0.549. The van der Waals surface area contributed by atoms with Crippen molar-refractivity contribution in [2.75, 3.05) is 13.6 Å². The second kappa shape index (κ2) is 6.13. The number of fused-ring (bicyclic) bond motifs is 1. The zero-order valence-electron chi connectivity index (χ0n) is 14.5. The summed E-state index contributed by atoms with van der Waals surface area (Å²) in [6, 6.07) is 6.25. The molecule has 2 aliphatic rings. The van der Waals surface area contributed by atoms with Crippen LogP contribution in [0.4, 0.5) is 4.79 Å². The predicted octanol–water partition coefficient (Wildman–Crippen LogP) is 3.87. The molecule has 6 nitrogen and oxygen atoms in total. The van der Waals surface area contributed by atoms with Gasteiger partial charge in [0.15, 0.2) is 5.76 Å². The SMILES string of the molecule is CN1C(=O)N(CC(=O)c2cc3cc(Cl)ccc3o2)C(=O)C12CCCCC2. The lowest BCUT2D eigenvalue weighted by Gasteiger charge is -2.35. The number of carbonyl (C=O) groups excluding carboxylic acids is 3. The van der Waals surface area contributed by atoms with Gasteiger partial charge in [-0.25, -0.2) is 4.79 Å². The van der Waals surface area contributed by atoms with Crippen LogP contribution in [0.2, 0.25) is 5.02 Å². The monoisotopic (exact) mass is 374 g/mol. The summed E-state index contributed by atoms with van der Waals surface area (Å²) in [7, 11) is 1.65. The number of rotatable bonds is 3. The molecule has 0 radical (unpaired) electrons. The molecule has 3 amide bonds. The molecule has 0 unspecified atom stereocenters. The third kappa shape index (κ3) is 2.51. The van der Waals surface area contributed by atoms with E-state index in [1.54, 1.807) is 31.3 Å². The fourth-order valence-electron chi connectivity index (χ4n) is 4.04. The molecule has 0 atom stereocenters. The third-order valence-corrected chi connectivity index (χ3v) is 5.77. The predicted molar refractivity (Wildman–Crippen MR) is 96.2 cm³/mol. The van der Waals surface area contributed by atoms with Gasteiger partial charge in [0.1, 0.15) is 11.1 Å². The zero-order chi connectivity index (χ0) is 18.5. The molecule has 1 saturated heterocycles. The maximum absolute atomic E-state index is 12.9. The summed E-state index contributed by atoms with van der Waals surface area (Å²) < 4.78 is 5.56. The summed E-state index contributed by atoms with van der Waals surface area (Å²) in [5, 5.41) is 1.25. The number of imide groups is 1. The molecular weight excluding hydrogens is 356 g/mol. The van der Waals surface area contributed by atoms with E-state index in [-0.39, 0.29) is 18.2 Å². The van der Waals surface area contributed by atoms with Gasteiger partial charge in [-0.05, 0) is 37.1 Å². The molecule has 1 aromatic heterocycles. The standard InChI is InChI=1S/C19H19ClN2O4/c1-21-18(25)22(17(24)19(21)7-3-2-4-8-19)11-14(23)16-10-12-9-13(20)5-6-15(12)26-16/h5-6,9-10H,2-4,7-8,11H2,1H3. The van der Waals surface area contributed by atoms with Gasteiger partial charge in [0.25, 0.3) is 5.91 Å². The Bertz CT molecular complexity index is 913. The molecule has 0 bridgehead atoms. The van der Waals surface area contributed by atoms with Crippen LogP contribution in [0, 0.1) is 0 Å². The lowest BCUT2D eigenvalue weighted by molar-refractivity contribution is -0.134. The van der Waals surface area contributed by atoms with Gasteiger partial charge in [-0.3, -0.25) is 14.5 Å². The van der Waals surface area contributed by atoms with Gasteiger partial charge in [-0.1, -0.05) is 30.9 Å². The summed E-state index contributed by atoms with van der Waals surface area (Å²) in [5.41, 5.74) is -0.241. The number of ketones is 1. The van der Waals surface area contributed by atoms with Crippen molar-refractivity contribution in [3.05, 3.63) is 35.0 Å². The minimum atomic E-state index is -0.781. The summed E-state index contributed by atoms with van der Waals surface area (Å²) >= 11 is 5.95. The van der Waals surface area contributed by atoms with Crippen molar-refractivity contribution >= 4 is 40.3 Å². The highest BCUT2D eigenvalue weighted by Crippen LogP contribution is 2.39. The maximum atomic E-state index is 12.9. The van der Waals surface area contributed by atoms with Crippen LogP contribution in [-0.2, 0) is 4.79 Å². The van der Waals surface area contributed by atoms with Crippen LogP contribution in [0.3, 0.4) is 0 Å². The Morgan fingerprint density at radius 3 is 2.65 bits per heavy atom. The van der Waals surface area contributed by atoms with Crippen LogP contribution < -0.4 is 0 Å². The number of furan rings is 1. The smallest absolute Gasteiger partial charge is 0.327 e. The average Bonchev–Trinajstić information content (AvgIpc) is 3.13. The lowest BCUT2D eigenvalue weighted by Crippen LogP contribution is -2.49. The van der Waals surface area contributed by atoms with Gasteiger partial charge in [0, 0.05) is 17.5 Å². The second-order valence-corrected chi connectivity index (χ2v) is 7.48. The molecular formula is C19H19ClN2O4. The molecule has 1 aromatic carbocycles. The lowest BCUT2D eigenvalue weighted by atomic mass is 9.81. The average molecular weight is 375 g/mol. The van der Waals surface area contributed by atoms with Gasteiger partial charge in [0.05, 0.1) is 6.54 Å². The molecule has 0 N–H and O–H groups in total. The first-order valence-corrected chi connectivity index (χ1v) is 9.12. The Morgan fingerprint density at radius 1 is 1.19 bits per heavy atom. The van der Waals surface area contributed by atoms with Gasteiger partial charge in [0.2, 0.25) is 5.78 Å². The Balaban J connectivity index is 1.58. The summed E-state index contributed by atoms with van der Waals surface area (Å²) in [4.78, 5) is 40.8. The fraction of sp³-hybridized carbons (Fsp3) is 0.421. The van der Waals surface area contributed by atoms with E-state index in [1.165, 1.54) is 4.90 Å². The number of likely N-dealkylation sites (N-methyl/N-ethyl adjacent to an activating group) is 1. The minimum absolute atomic E-state index is 0.120. The van der Waals surface area contributed by atoms with Crippen LogP contribution in [0.5, 0.6) is 0 Å². The topological polar surface area (TPSA) is 70.8 Å². The maximum Gasteiger partial charge on any atom is 0.327 e. The molecule has 1 aliphatic carbocycles. The van der Waals surface area contributed by atoms with E-state index >= 15 is 0 Å². The Labute approximate surface area is 155 Å². The van der Waals surface area contributed by atoms with E-state index in [4.69, 9.17) is 16.0 Å². The Hall–Kier alpha value is -2.34. The quantitative estimate of drug-likeness (QED) is 0.604. The highest BCUT2D eigenvalue weighted by Gasteiger charge is 2.55. The van der Waals surface area contributed by atoms with Gasteiger partial charge < -0.3 is 9.32 Å². The molecule has 7 heteroatoms. The number of urea groups is 1. The Morgan fingerprint density at radius 2 is 1.92 bits per heavy atom. The summed E-state index contributed by atoms with van der Waals surface area (Å²) in [6.45, 7) is -0.308. The van der Waals surface area contributed by atoms with Crippen molar-refractivity contribution < 1.29 is 18.8 Å². The molecule has 1 spiro atoms. The van der Waals surface area contributed by atoms with E-state index in [9.17, 15) is 14.4 Å². The molecule has 4 rings (SSSR count). The van der Waals surface area contributed by atoms with Gasteiger partial charge in [-0.15, -0.1) is 0 Å². The number of amides is 3.